The summed E-state index contributed by atoms with van der Waals surface area (Å²) < 4.78 is 1.04. The maximum Gasteiger partial charge on any atom is 0.261 e. The predicted octanol–water partition coefficient (Wildman–Crippen LogP) is 3.87. The lowest BCUT2D eigenvalue weighted by atomic mass is 10.1. The van der Waals surface area contributed by atoms with E-state index in [-0.39, 0.29) is 30.7 Å². The Morgan fingerprint density at radius 3 is 2.50 bits per heavy atom. The Bertz CT molecular complexity index is 1050. The van der Waals surface area contributed by atoms with Crippen LogP contribution < -0.4 is 5.32 Å². The number of hydrogen-bond donors (Lipinski definition) is 1. The highest BCUT2D eigenvalue weighted by Gasteiger charge is 2.34. The number of rotatable bonds is 6. The summed E-state index contributed by atoms with van der Waals surface area (Å²) in [6.07, 6.45) is 1.57. The van der Waals surface area contributed by atoms with E-state index < -0.39 is 0 Å². The second kappa shape index (κ2) is 7.52. The molecule has 6 nitrogen and oxygen atoms in total. The molecule has 2 aromatic carbocycles. The molecule has 0 saturated carbocycles. The molecule has 0 bridgehead atoms. The number of aryl methyl sites for hydroxylation is 1. The molecule has 3 aromatic rings. The van der Waals surface area contributed by atoms with Crippen molar-refractivity contribution in [1.82, 2.24) is 9.88 Å². The molecular weight excluding hydrogens is 374 g/mol. The van der Waals surface area contributed by atoms with Gasteiger partial charge >= 0.3 is 0 Å². The van der Waals surface area contributed by atoms with Crippen LogP contribution in [0.4, 0.5) is 5.13 Å². The number of nitrogens with one attached hydrogen (secondary N) is 1. The van der Waals surface area contributed by atoms with Crippen molar-refractivity contribution in [2.45, 2.75) is 26.2 Å². The molecule has 0 unspecified atom stereocenters. The first-order chi connectivity index (χ1) is 13.6. The van der Waals surface area contributed by atoms with Gasteiger partial charge in [-0.25, -0.2) is 4.98 Å². The van der Waals surface area contributed by atoms with E-state index in [1.165, 1.54) is 21.8 Å². The number of thiazole rings is 1. The average molecular weight is 393 g/mol. The van der Waals surface area contributed by atoms with Crippen molar-refractivity contribution in [2.24, 2.45) is 0 Å². The number of anilines is 1. The number of carbonyl (C=O) groups is 3. The highest BCUT2D eigenvalue weighted by Crippen LogP contribution is 2.27. The first-order valence-corrected chi connectivity index (χ1v) is 10.0. The molecule has 0 spiro atoms. The molecule has 1 aliphatic heterocycles. The van der Waals surface area contributed by atoms with Crippen LogP contribution in [0, 0.1) is 0 Å². The second-order valence-electron chi connectivity index (χ2n) is 6.63. The average Bonchev–Trinajstić information content (AvgIpc) is 3.21. The van der Waals surface area contributed by atoms with E-state index in [2.05, 4.69) is 23.3 Å². The van der Waals surface area contributed by atoms with E-state index in [0.29, 0.717) is 22.7 Å². The molecule has 7 heteroatoms. The maximum absolute atomic E-state index is 12.3. The molecule has 28 heavy (non-hydrogen) atoms. The summed E-state index contributed by atoms with van der Waals surface area (Å²) >= 11 is 1.44. The van der Waals surface area contributed by atoms with E-state index in [1.807, 2.05) is 12.1 Å². The van der Waals surface area contributed by atoms with E-state index in [1.54, 1.807) is 24.3 Å². The minimum atomic E-state index is -0.293. The summed E-state index contributed by atoms with van der Waals surface area (Å²) in [6, 6.07) is 12.9. The first kappa shape index (κ1) is 18.3. The number of hydrogen-bond acceptors (Lipinski definition) is 5. The van der Waals surface area contributed by atoms with Crippen LogP contribution in [-0.2, 0) is 11.2 Å². The number of aromatic nitrogens is 1. The Hall–Kier alpha value is -3.06. The summed E-state index contributed by atoms with van der Waals surface area (Å²) in [6.45, 7) is 2.32. The molecule has 0 saturated heterocycles. The van der Waals surface area contributed by atoms with E-state index in [4.69, 9.17) is 0 Å². The molecular formula is C21H19N3O3S. The molecule has 3 amide bonds. The highest BCUT2D eigenvalue weighted by atomic mass is 32.1. The zero-order chi connectivity index (χ0) is 19.7. The SMILES string of the molecule is CCc1ccc2nc(NC(=O)CCCN3C(=O)c4ccccc4C3=O)sc2c1. The molecule has 1 aliphatic rings. The van der Waals surface area contributed by atoms with Gasteiger partial charge < -0.3 is 5.32 Å². The van der Waals surface area contributed by atoms with Gasteiger partial charge in [0.1, 0.15) is 0 Å². The molecule has 1 N–H and O–H groups in total. The zero-order valence-electron chi connectivity index (χ0n) is 15.4. The molecule has 4 rings (SSSR count). The molecule has 0 fully saturated rings. The van der Waals surface area contributed by atoms with E-state index >= 15 is 0 Å². The van der Waals surface area contributed by atoms with Crippen LogP contribution in [0.2, 0.25) is 0 Å². The Morgan fingerprint density at radius 2 is 1.82 bits per heavy atom. The van der Waals surface area contributed by atoms with Crippen LogP contribution in [0.5, 0.6) is 0 Å². The predicted molar refractivity (Wildman–Crippen MR) is 109 cm³/mol. The van der Waals surface area contributed by atoms with Gasteiger partial charge in [0.25, 0.3) is 11.8 Å². The van der Waals surface area contributed by atoms with Crippen LogP contribution >= 0.6 is 11.3 Å². The Labute approximate surface area is 166 Å². The van der Waals surface area contributed by atoms with Crippen LogP contribution in [0.15, 0.2) is 42.5 Å². The van der Waals surface area contributed by atoms with Crippen molar-refractivity contribution < 1.29 is 14.4 Å². The number of nitrogens with zero attached hydrogens (tertiary/aromatic N) is 2. The smallest absolute Gasteiger partial charge is 0.261 e. The van der Waals surface area contributed by atoms with Gasteiger partial charge in [0.2, 0.25) is 5.91 Å². The Morgan fingerprint density at radius 1 is 1.11 bits per heavy atom. The number of amides is 3. The normalized spacial score (nSPS) is 13.2. The summed E-state index contributed by atoms with van der Waals surface area (Å²) in [5, 5.41) is 3.38. The van der Waals surface area contributed by atoms with Crippen molar-refractivity contribution in [3.63, 3.8) is 0 Å². The third kappa shape index (κ3) is 3.41. The summed E-state index contributed by atoms with van der Waals surface area (Å²) in [5.41, 5.74) is 2.95. The van der Waals surface area contributed by atoms with Crippen molar-refractivity contribution in [1.29, 1.82) is 0 Å². The fourth-order valence-corrected chi connectivity index (χ4v) is 4.21. The first-order valence-electron chi connectivity index (χ1n) is 9.21. The van der Waals surface area contributed by atoms with Gasteiger partial charge in [-0.1, -0.05) is 36.5 Å². The molecule has 0 atom stereocenters. The second-order valence-corrected chi connectivity index (χ2v) is 7.66. The van der Waals surface area contributed by atoms with Crippen LogP contribution in [0.1, 0.15) is 46.0 Å². The van der Waals surface area contributed by atoms with Gasteiger partial charge in [0.15, 0.2) is 5.13 Å². The summed E-state index contributed by atoms with van der Waals surface area (Å²) in [7, 11) is 0. The Balaban J connectivity index is 1.33. The molecule has 2 heterocycles. The Kier molecular flexibility index (Phi) is 4.92. The van der Waals surface area contributed by atoms with Gasteiger partial charge in [0, 0.05) is 13.0 Å². The lowest BCUT2D eigenvalue weighted by Gasteiger charge is -2.13. The summed E-state index contributed by atoms with van der Waals surface area (Å²) in [5.74, 6) is -0.760. The lowest BCUT2D eigenvalue weighted by molar-refractivity contribution is -0.116. The standard InChI is InChI=1S/C21H19N3O3S/c1-2-13-9-10-16-17(12-13)28-21(22-16)23-18(25)8-5-11-24-19(26)14-6-3-4-7-15(14)20(24)27/h3-4,6-7,9-10,12H,2,5,8,11H2,1H3,(H,22,23,25). The fourth-order valence-electron chi connectivity index (χ4n) is 3.26. The molecule has 142 valence electrons. The fraction of sp³-hybridized carbons (Fsp3) is 0.238. The van der Waals surface area contributed by atoms with Crippen LogP contribution in [-0.4, -0.2) is 34.2 Å². The third-order valence-electron chi connectivity index (χ3n) is 4.77. The van der Waals surface area contributed by atoms with Crippen molar-refractivity contribution in [3.8, 4) is 0 Å². The minimum absolute atomic E-state index is 0.175. The monoisotopic (exact) mass is 393 g/mol. The van der Waals surface area contributed by atoms with Crippen molar-refractivity contribution in [2.75, 3.05) is 11.9 Å². The van der Waals surface area contributed by atoms with Crippen molar-refractivity contribution >= 4 is 44.4 Å². The van der Waals surface area contributed by atoms with Crippen LogP contribution in [0.3, 0.4) is 0 Å². The topological polar surface area (TPSA) is 79.4 Å². The van der Waals surface area contributed by atoms with Crippen LogP contribution in [0.25, 0.3) is 10.2 Å². The lowest BCUT2D eigenvalue weighted by Crippen LogP contribution is -2.31. The zero-order valence-corrected chi connectivity index (χ0v) is 16.2. The summed E-state index contributed by atoms with van der Waals surface area (Å²) in [4.78, 5) is 42.5. The number of imide groups is 1. The van der Waals surface area contributed by atoms with Gasteiger partial charge in [-0.15, -0.1) is 0 Å². The third-order valence-corrected chi connectivity index (χ3v) is 5.70. The number of fused-ring (bicyclic) bond motifs is 2. The van der Waals surface area contributed by atoms with Crippen molar-refractivity contribution in [3.05, 3.63) is 59.2 Å². The molecule has 0 aliphatic carbocycles. The minimum Gasteiger partial charge on any atom is -0.302 e. The molecule has 0 radical (unpaired) electrons. The van der Waals surface area contributed by atoms with Gasteiger partial charge in [0.05, 0.1) is 21.3 Å². The quantitative estimate of drug-likeness (QED) is 0.645. The van der Waals surface area contributed by atoms with E-state index in [0.717, 1.165) is 16.6 Å². The van der Waals surface area contributed by atoms with Gasteiger partial charge in [-0.3, -0.25) is 19.3 Å². The van der Waals surface area contributed by atoms with Gasteiger partial charge in [-0.05, 0) is 42.7 Å². The molecule has 1 aromatic heterocycles. The van der Waals surface area contributed by atoms with E-state index in [9.17, 15) is 14.4 Å². The number of carbonyl (C=O) groups excluding carboxylic acids is 3. The number of benzene rings is 2. The highest BCUT2D eigenvalue weighted by molar-refractivity contribution is 7.22. The maximum atomic E-state index is 12.3. The largest absolute Gasteiger partial charge is 0.302 e. The van der Waals surface area contributed by atoms with Gasteiger partial charge in [-0.2, -0.15) is 0 Å².